The summed E-state index contributed by atoms with van der Waals surface area (Å²) in [6, 6.07) is 0.165. The Kier molecular flexibility index (Phi) is 7.63. The van der Waals surface area contributed by atoms with Gasteiger partial charge < -0.3 is 19.1 Å². The molecule has 1 amide bonds. The predicted octanol–water partition coefficient (Wildman–Crippen LogP) is 5.32. The molecule has 2 aromatic heterocycles. The maximum absolute atomic E-state index is 12.4. The average Bonchev–Trinajstić information content (AvgIpc) is 3.35. The minimum absolute atomic E-state index is 0.0767. The van der Waals surface area contributed by atoms with Crippen molar-refractivity contribution in [1.29, 1.82) is 0 Å². The number of hydrogen-bond acceptors (Lipinski definition) is 7. The quantitative estimate of drug-likeness (QED) is 0.407. The fourth-order valence-electron chi connectivity index (χ4n) is 4.81. The van der Waals surface area contributed by atoms with E-state index in [-0.39, 0.29) is 18.2 Å². The third kappa shape index (κ3) is 5.64. The number of rotatable bonds is 6. The molecule has 2 aromatic rings. The van der Waals surface area contributed by atoms with Gasteiger partial charge in [-0.1, -0.05) is 5.92 Å². The van der Waals surface area contributed by atoms with Crippen molar-refractivity contribution >= 4 is 27.6 Å². The van der Waals surface area contributed by atoms with E-state index in [4.69, 9.17) is 14.2 Å². The van der Waals surface area contributed by atoms with E-state index in [2.05, 4.69) is 21.8 Å². The van der Waals surface area contributed by atoms with Gasteiger partial charge in [0.2, 0.25) is 5.88 Å². The molecule has 34 heavy (non-hydrogen) atoms. The fourth-order valence-corrected chi connectivity index (χ4v) is 6.04. The molecule has 0 aliphatic heterocycles. The van der Waals surface area contributed by atoms with Crippen molar-refractivity contribution < 1.29 is 19.0 Å². The molecule has 0 radical (unpaired) electrons. The normalized spacial score (nSPS) is 22.1. The highest BCUT2D eigenvalue weighted by atomic mass is 32.1. The third-order valence-electron chi connectivity index (χ3n) is 6.52. The molecule has 0 aromatic carbocycles. The monoisotopic (exact) mass is 485 g/mol. The van der Waals surface area contributed by atoms with Gasteiger partial charge in [-0.2, -0.15) is 0 Å². The minimum atomic E-state index is -0.489. The number of nitrogens with zero attached hydrogens (tertiary/aromatic N) is 3. The van der Waals surface area contributed by atoms with Crippen molar-refractivity contribution in [3.05, 3.63) is 16.8 Å². The van der Waals surface area contributed by atoms with Crippen LogP contribution in [-0.2, 0) is 15.9 Å². The van der Waals surface area contributed by atoms with E-state index in [1.807, 2.05) is 34.7 Å². The van der Waals surface area contributed by atoms with Crippen LogP contribution in [0.25, 0.3) is 10.2 Å². The van der Waals surface area contributed by atoms with Crippen molar-refractivity contribution in [3.63, 3.8) is 0 Å². The molecular formula is C26H35N3O4S. The molecule has 1 unspecified atom stereocenters. The van der Waals surface area contributed by atoms with Gasteiger partial charge in [-0.25, -0.2) is 14.8 Å². The second kappa shape index (κ2) is 10.5. The second-order valence-electron chi connectivity index (χ2n) is 10.1. The Morgan fingerprint density at radius 1 is 1.21 bits per heavy atom. The molecule has 0 N–H and O–H groups in total. The maximum atomic E-state index is 12.4. The number of ether oxygens (including phenoxy) is 3. The first kappa shape index (κ1) is 24.7. The molecular weight excluding hydrogens is 450 g/mol. The van der Waals surface area contributed by atoms with E-state index < -0.39 is 5.60 Å². The highest BCUT2D eigenvalue weighted by Crippen LogP contribution is 2.46. The molecule has 0 bridgehead atoms. The lowest BCUT2D eigenvalue weighted by Gasteiger charge is -2.35. The van der Waals surface area contributed by atoms with Crippen molar-refractivity contribution in [3.8, 4) is 17.7 Å². The van der Waals surface area contributed by atoms with Crippen molar-refractivity contribution in [2.75, 3.05) is 20.3 Å². The van der Waals surface area contributed by atoms with Gasteiger partial charge in [0, 0.05) is 23.9 Å². The van der Waals surface area contributed by atoms with Crippen LogP contribution in [0.2, 0.25) is 0 Å². The number of hydrogen-bond donors (Lipinski definition) is 0. The number of aromatic nitrogens is 2. The molecule has 1 atom stereocenters. The van der Waals surface area contributed by atoms with E-state index in [0.717, 1.165) is 48.7 Å². The van der Waals surface area contributed by atoms with Crippen LogP contribution in [0.4, 0.5) is 4.79 Å². The number of thiophene rings is 1. The molecule has 7 nitrogen and oxygen atoms in total. The Morgan fingerprint density at radius 3 is 2.68 bits per heavy atom. The zero-order valence-electron chi connectivity index (χ0n) is 20.8. The van der Waals surface area contributed by atoms with Gasteiger partial charge >= 0.3 is 6.09 Å². The predicted molar refractivity (Wildman–Crippen MR) is 133 cm³/mol. The van der Waals surface area contributed by atoms with Crippen LogP contribution in [0.3, 0.4) is 0 Å². The van der Waals surface area contributed by atoms with E-state index in [1.165, 1.54) is 10.4 Å². The maximum Gasteiger partial charge on any atom is 0.410 e. The smallest absolute Gasteiger partial charge is 0.410 e. The van der Waals surface area contributed by atoms with Crippen LogP contribution in [0, 0.1) is 11.8 Å². The van der Waals surface area contributed by atoms with Crippen molar-refractivity contribution in [1.82, 2.24) is 14.9 Å². The number of amides is 1. The Hall–Kier alpha value is -2.37. The largest absolute Gasteiger partial charge is 0.474 e. The summed E-state index contributed by atoms with van der Waals surface area (Å²) in [5, 5.41) is 1.06. The number of fused-ring (bicyclic) bond motifs is 3. The summed E-state index contributed by atoms with van der Waals surface area (Å²) in [4.78, 5) is 25.6. The summed E-state index contributed by atoms with van der Waals surface area (Å²) in [5.74, 6) is 6.86. The second-order valence-corrected chi connectivity index (χ2v) is 11.2. The molecule has 2 aliphatic rings. The Morgan fingerprint density at radius 2 is 1.97 bits per heavy atom. The molecule has 184 valence electrons. The SMILES string of the molecule is CC#CCOCC1CCc2sc3ncnc(OC4CCC(N(C)C(=O)OC(C)(C)C)CC4)c3c21. The number of carbonyl (C=O) groups is 1. The van der Waals surface area contributed by atoms with Gasteiger partial charge in [-0.3, -0.25) is 0 Å². The minimum Gasteiger partial charge on any atom is -0.474 e. The lowest BCUT2D eigenvalue weighted by Crippen LogP contribution is -2.43. The zero-order valence-corrected chi connectivity index (χ0v) is 21.7. The van der Waals surface area contributed by atoms with Gasteiger partial charge in [0.1, 0.15) is 29.5 Å². The van der Waals surface area contributed by atoms with Crippen LogP contribution in [0.5, 0.6) is 5.88 Å². The molecule has 0 spiro atoms. The first-order valence-corrected chi connectivity index (χ1v) is 12.9. The van der Waals surface area contributed by atoms with E-state index in [1.54, 1.807) is 22.6 Å². The Labute approximate surface area is 206 Å². The van der Waals surface area contributed by atoms with Crippen molar-refractivity contribution in [2.24, 2.45) is 0 Å². The molecule has 4 rings (SSSR count). The van der Waals surface area contributed by atoms with Crippen LogP contribution < -0.4 is 4.74 Å². The first-order chi connectivity index (χ1) is 16.3. The molecule has 2 heterocycles. The number of aryl methyl sites for hydroxylation is 1. The average molecular weight is 486 g/mol. The highest BCUT2D eigenvalue weighted by molar-refractivity contribution is 7.19. The first-order valence-electron chi connectivity index (χ1n) is 12.1. The third-order valence-corrected chi connectivity index (χ3v) is 7.69. The lowest BCUT2D eigenvalue weighted by molar-refractivity contribution is 0.0137. The molecule has 1 fully saturated rings. The van der Waals surface area contributed by atoms with Crippen LogP contribution in [0.1, 0.15) is 76.2 Å². The summed E-state index contributed by atoms with van der Waals surface area (Å²) in [6.45, 7) is 8.62. The van der Waals surface area contributed by atoms with Crippen LogP contribution in [0.15, 0.2) is 6.33 Å². The molecule has 8 heteroatoms. The van der Waals surface area contributed by atoms with E-state index >= 15 is 0 Å². The Bertz CT molecular complexity index is 1070. The van der Waals surface area contributed by atoms with E-state index in [9.17, 15) is 4.79 Å². The lowest BCUT2D eigenvalue weighted by atomic mass is 9.92. The molecule has 0 saturated heterocycles. The van der Waals surface area contributed by atoms with Crippen molar-refractivity contribution in [2.45, 2.75) is 89.9 Å². The van der Waals surface area contributed by atoms with Gasteiger partial charge in [-0.05, 0) is 71.8 Å². The zero-order chi connectivity index (χ0) is 24.3. The Balaban J connectivity index is 1.42. The molecule has 2 aliphatic carbocycles. The van der Waals surface area contributed by atoms with Gasteiger partial charge in [0.05, 0.1) is 12.0 Å². The van der Waals surface area contributed by atoms with Gasteiger partial charge in [0.25, 0.3) is 0 Å². The van der Waals surface area contributed by atoms with Gasteiger partial charge in [0.15, 0.2) is 0 Å². The summed E-state index contributed by atoms with van der Waals surface area (Å²) in [6.07, 6.45) is 7.05. The standard InChI is InChI=1S/C26H35N3O4S/c1-6-7-14-31-15-17-8-13-20-21(17)22-23(27-16-28-24(22)34-20)32-19-11-9-18(10-12-19)29(5)25(30)33-26(2,3)4/h16-19H,8-15H2,1-5H3. The van der Waals surface area contributed by atoms with Gasteiger partial charge in [-0.15, -0.1) is 17.3 Å². The highest BCUT2D eigenvalue weighted by Gasteiger charge is 2.33. The van der Waals surface area contributed by atoms with Crippen LogP contribution >= 0.6 is 11.3 Å². The summed E-state index contributed by atoms with van der Waals surface area (Å²) in [5.41, 5.74) is 0.815. The summed E-state index contributed by atoms with van der Waals surface area (Å²) < 4.78 is 17.8. The number of carbonyl (C=O) groups excluding carboxylic acids is 1. The summed E-state index contributed by atoms with van der Waals surface area (Å²) in [7, 11) is 1.83. The summed E-state index contributed by atoms with van der Waals surface area (Å²) >= 11 is 1.75. The molecule has 1 saturated carbocycles. The topological polar surface area (TPSA) is 73.8 Å². The van der Waals surface area contributed by atoms with E-state index in [0.29, 0.717) is 25.0 Å². The fraction of sp³-hybridized carbons (Fsp3) is 0.654. The van der Waals surface area contributed by atoms with Crippen LogP contribution in [-0.4, -0.2) is 59.0 Å².